The first-order valence-electron chi connectivity index (χ1n) is 9.02. The highest BCUT2D eigenvalue weighted by Crippen LogP contribution is 2.46. The lowest BCUT2D eigenvalue weighted by Gasteiger charge is -2.23. The molecule has 1 aromatic carbocycles. The number of nitriles is 2. The van der Waals surface area contributed by atoms with E-state index >= 15 is 0 Å². The fourth-order valence-corrected chi connectivity index (χ4v) is 4.35. The van der Waals surface area contributed by atoms with Crippen molar-refractivity contribution in [1.29, 1.82) is 10.5 Å². The molecule has 3 aliphatic rings. The van der Waals surface area contributed by atoms with Gasteiger partial charge in [0.05, 0.1) is 30.8 Å². The van der Waals surface area contributed by atoms with Crippen LogP contribution in [-0.2, 0) is 4.79 Å². The minimum atomic E-state index is -1.13. The highest BCUT2D eigenvalue weighted by atomic mass is 19.1. The molecule has 0 bridgehead atoms. The summed E-state index contributed by atoms with van der Waals surface area (Å²) in [5, 5.41) is 21.2. The lowest BCUT2D eigenvalue weighted by molar-refractivity contribution is -0.130. The highest BCUT2D eigenvalue weighted by molar-refractivity contribution is 5.79. The molecule has 8 heteroatoms. The summed E-state index contributed by atoms with van der Waals surface area (Å²) >= 11 is 0. The molecule has 2 heterocycles. The van der Waals surface area contributed by atoms with Crippen LogP contribution in [0.2, 0.25) is 0 Å². The molecule has 1 unspecified atom stereocenters. The molecule has 140 valence electrons. The Balaban J connectivity index is 1.29. The van der Waals surface area contributed by atoms with Crippen molar-refractivity contribution in [3.05, 3.63) is 29.6 Å². The molecule has 27 heavy (non-hydrogen) atoms. The second-order valence-electron chi connectivity index (χ2n) is 7.47. The fourth-order valence-electron chi connectivity index (χ4n) is 4.35. The Morgan fingerprint density at radius 2 is 1.96 bits per heavy atom. The average molecular weight is 371 g/mol. The van der Waals surface area contributed by atoms with Gasteiger partial charge in [0.1, 0.15) is 18.0 Å². The summed E-state index contributed by atoms with van der Waals surface area (Å²) in [6, 6.07) is 7.81. The van der Waals surface area contributed by atoms with Crippen molar-refractivity contribution in [2.75, 3.05) is 31.1 Å². The molecule has 1 aliphatic carbocycles. The Morgan fingerprint density at radius 3 is 2.63 bits per heavy atom. The van der Waals surface area contributed by atoms with Gasteiger partial charge in [-0.25, -0.2) is 8.78 Å². The van der Waals surface area contributed by atoms with E-state index in [9.17, 15) is 13.6 Å². The van der Waals surface area contributed by atoms with Gasteiger partial charge in [0.25, 0.3) is 0 Å². The molecular weight excluding hydrogens is 352 g/mol. The third kappa shape index (κ3) is 3.33. The van der Waals surface area contributed by atoms with E-state index < -0.39 is 18.0 Å². The number of nitrogens with one attached hydrogen (secondary N) is 1. The molecule has 2 aliphatic heterocycles. The maximum absolute atomic E-state index is 13.6. The predicted octanol–water partition coefficient (Wildman–Crippen LogP) is 1.18. The summed E-state index contributed by atoms with van der Waals surface area (Å²) in [5.41, 5.74) is 1.01. The van der Waals surface area contributed by atoms with Gasteiger partial charge < -0.3 is 15.1 Å². The van der Waals surface area contributed by atoms with E-state index in [4.69, 9.17) is 10.5 Å². The van der Waals surface area contributed by atoms with Crippen molar-refractivity contribution < 1.29 is 13.6 Å². The lowest BCUT2D eigenvalue weighted by atomic mass is 10.2. The van der Waals surface area contributed by atoms with E-state index in [1.807, 2.05) is 12.1 Å². The van der Waals surface area contributed by atoms with Gasteiger partial charge in [0, 0.05) is 31.2 Å². The first kappa shape index (κ1) is 17.7. The van der Waals surface area contributed by atoms with Gasteiger partial charge in [-0.05, 0) is 30.0 Å². The number of carbonyl (C=O) groups is 1. The Morgan fingerprint density at radius 1 is 1.22 bits per heavy atom. The molecule has 6 nitrogen and oxygen atoms in total. The number of likely N-dealkylation sites (tertiary alicyclic amines) is 1. The molecule has 1 amide bonds. The van der Waals surface area contributed by atoms with Crippen LogP contribution in [0.3, 0.4) is 0 Å². The first-order chi connectivity index (χ1) is 13.0. The summed E-state index contributed by atoms with van der Waals surface area (Å²) in [5.74, 6) is 0.0674. The molecule has 5 atom stereocenters. The van der Waals surface area contributed by atoms with Crippen molar-refractivity contribution in [3.8, 4) is 12.1 Å². The van der Waals surface area contributed by atoms with Gasteiger partial charge in [0.15, 0.2) is 0 Å². The van der Waals surface area contributed by atoms with Crippen molar-refractivity contribution >= 4 is 11.6 Å². The Labute approximate surface area is 156 Å². The normalized spacial score (nSPS) is 31.3. The van der Waals surface area contributed by atoms with Crippen LogP contribution in [0, 0.1) is 40.3 Å². The molecule has 2 saturated heterocycles. The Kier molecular flexibility index (Phi) is 4.45. The quantitative estimate of drug-likeness (QED) is 0.860. The summed E-state index contributed by atoms with van der Waals surface area (Å²) in [7, 11) is 0. The van der Waals surface area contributed by atoms with Crippen LogP contribution in [0.25, 0.3) is 0 Å². The molecule has 0 spiro atoms. The molecule has 0 radical (unpaired) electrons. The van der Waals surface area contributed by atoms with Crippen LogP contribution in [0.4, 0.5) is 14.5 Å². The van der Waals surface area contributed by atoms with Gasteiger partial charge in [-0.15, -0.1) is 0 Å². The predicted molar refractivity (Wildman–Crippen MR) is 92.7 cm³/mol. The summed E-state index contributed by atoms with van der Waals surface area (Å²) in [6.45, 7) is 1.57. The first-order valence-corrected chi connectivity index (χ1v) is 9.02. The number of nitrogens with zero attached hydrogens (tertiary/aromatic N) is 4. The van der Waals surface area contributed by atoms with Crippen molar-refractivity contribution in [3.63, 3.8) is 0 Å². The average Bonchev–Trinajstić information content (AvgIpc) is 3.00. The van der Waals surface area contributed by atoms with Crippen LogP contribution in [0.15, 0.2) is 18.2 Å². The second kappa shape index (κ2) is 6.79. The Hall–Kier alpha value is -2.71. The van der Waals surface area contributed by atoms with E-state index in [0.717, 1.165) is 13.1 Å². The third-order valence-electron chi connectivity index (χ3n) is 5.78. The van der Waals surface area contributed by atoms with Crippen LogP contribution < -0.4 is 10.2 Å². The number of anilines is 1. The lowest BCUT2D eigenvalue weighted by Crippen LogP contribution is -2.42. The summed E-state index contributed by atoms with van der Waals surface area (Å²) < 4.78 is 27.1. The standard InChI is InChI=1S/C19H19F2N5O/c20-12-1-11(5-22)2-14(3-12)25-9-16-17(10-25)19(16)24-7-18(27)26-8-13(21)4-15(26)6-23/h1-3,13,15-17,19,24H,4,7-10H2/t13-,15-,16-,17+,19?/m0/s1. The highest BCUT2D eigenvalue weighted by Gasteiger charge is 2.55. The Bertz CT molecular complexity index is 835. The fraction of sp³-hybridized carbons (Fsp3) is 0.526. The molecule has 1 saturated carbocycles. The number of amides is 1. The molecule has 4 rings (SSSR count). The number of piperidine rings is 1. The number of fused-ring (bicyclic) bond motifs is 1. The minimum absolute atomic E-state index is 0.00909. The zero-order valence-corrected chi connectivity index (χ0v) is 14.6. The summed E-state index contributed by atoms with van der Waals surface area (Å²) in [4.78, 5) is 15.6. The SMILES string of the molecule is N#Cc1cc(F)cc(N2C[C@@H]3C(NCC(=O)N4C[C@@H](F)C[C@H]4C#N)[C@@H]3C2)c1. The molecule has 1 aromatic rings. The van der Waals surface area contributed by atoms with Crippen LogP contribution in [0.5, 0.6) is 0 Å². The minimum Gasteiger partial charge on any atom is -0.371 e. The number of halogens is 2. The van der Waals surface area contributed by atoms with Gasteiger partial charge in [0.2, 0.25) is 5.91 Å². The van der Waals surface area contributed by atoms with Crippen LogP contribution in [-0.4, -0.2) is 55.2 Å². The van der Waals surface area contributed by atoms with E-state index in [-0.39, 0.29) is 31.5 Å². The molecule has 0 aromatic heterocycles. The number of carbonyl (C=O) groups excluding carboxylic acids is 1. The number of alkyl halides is 1. The number of benzene rings is 1. The van der Waals surface area contributed by atoms with Crippen molar-refractivity contribution in [2.24, 2.45) is 11.8 Å². The monoisotopic (exact) mass is 371 g/mol. The largest absolute Gasteiger partial charge is 0.371 e. The van der Waals surface area contributed by atoms with Crippen molar-refractivity contribution in [1.82, 2.24) is 10.2 Å². The second-order valence-corrected chi connectivity index (χ2v) is 7.47. The van der Waals surface area contributed by atoms with Crippen molar-refractivity contribution in [2.45, 2.75) is 24.7 Å². The zero-order chi connectivity index (χ0) is 19.1. The number of rotatable bonds is 4. The van der Waals surface area contributed by atoms with Gasteiger partial charge in [-0.1, -0.05) is 0 Å². The van der Waals surface area contributed by atoms with E-state index in [0.29, 0.717) is 23.1 Å². The number of hydrogen-bond acceptors (Lipinski definition) is 5. The van der Waals surface area contributed by atoms with E-state index in [1.165, 1.54) is 17.0 Å². The van der Waals surface area contributed by atoms with Crippen LogP contribution >= 0.6 is 0 Å². The topological polar surface area (TPSA) is 83.2 Å². The smallest absolute Gasteiger partial charge is 0.237 e. The van der Waals surface area contributed by atoms with E-state index in [1.54, 1.807) is 6.07 Å². The maximum Gasteiger partial charge on any atom is 0.237 e. The summed E-state index contributed by atoms with van der Waals surface area (Å²) in [6.07, 6.45) is -1.04. The maximum atomic E-state index is 13.6. The zero-order valence-electron chi connectivity index (χ0n) is 14.6. The number of hydrogen-bond donors (Lipinski definition) is 1. The van der Waals surface area contributed by atoms with Crippen LogP contribution in [0.1, 0.15) is 12.0 Å². The van der Waals surface area contributed by atoms with Gasteiger partial charge in [-0.2, -0.15) is 10.5 Å². The molecule has 3 fully saturated rings. The van der Waals surface area contributed by atoms with Gasteiger partial charge in [-0.3, -0.25) is 4.79 Å². The van der Waals surface area contributed by atoms with Gasteiger partial charge >= 0.3 is 0 Å². The third-order valence-corrected chi connectivity index (χ3v) is 5.78. The van der Waals surface area contributed by atoms with E-state index in [2.05, 4.69) is 10.2 Å². The molecular formula is C19H19F2N5O. The molecule has 1 N–H and O–H groups in total.